The predicted molar refractivity (Wildman–Crippen MR) is 94.6 cm³/mol. The number of benzene rings is 2. The van der Waals surface area contributed by atoms with Gasteiger partial charge in [0.15, 0.2) is 0 Å². The minimum Gasteiger partial charge on any atom is -0.493 e. The zero-order chi connectivity index (χ0) is 16.8. The molecule has 2 atom stereocenters. The summed E-state index contributed by atoms with van der Waals surface area (Å²) in [5.41, 5.74) is 7.58. The zero-order valence-corrected chi connectivity index (χ0v) is 13.7. The highest BCUT2D eigenvalue weighted by molar-refractivity contribution is 5.97. The minimum absolute atomic E-state index is 0.00562. The quantitative estimate of drug-likeness (QED) is 0.883. The van der Waals surface area contributed by atoms with E-state index in [9.17, 15) is 4.79 Å². The lowest BCUT2D eigenvalue weighted by atomic mass is 9.95. The van der Waals surface area contributed by atoms with Gasteiger partial charge in [0.2, 0.25) is 0 Å². The molecule has 126 valence electrons. The third-order valence-electron chi connectivity index (χ3n) is 5.18. The number of nitrogens with one attached hydrogen (secondary N) is 2. The summed E-state index contributed by atoms with van der Waals surface area (Å²) in [5, 5.41) is 5.27. The molecule has 1 fully saturated rings. The van der Waals surface area contributed by atoms with E-state index in [0.717, 1.165) is 36.6 Å². The Bertz CT molecular complexity index is 862. The molecule has 2 N–H and O–H groups in total. The molecular formula is C20H19N3O2. The average Bonchev–Trinajstić information content (AvgIpc) is 3.28. The van der Waals surface area contributed by atoms with Crippen LogP contribution in [0, 0.1) is 0 Å². The monoisotopic (exact) mass is 333 g/mol. The number of amides is 1. The van der Waals surface area contributed by atoms with E-state index in [-0.39, 0.29) is 18.0 Å². The summed E-state index contributed by atoms with van der Waals surface area (Å²) in [6.45, 7) is 1.48. The van der Waals surface area contributed by atoms with Crippen molar-refractivity contribution in [1.29, 1.82) is 0 Å². The molecule has 1 amide bonds. The lowest BCUT2D eigenvalue weighted by Gasteiger charge is -2.33. The van der Waals surface area contributed by atoms with Crippen molar-refractivity contribution in [3.8, 4) is 5.75 Å². The zero-order valence-electron chi connectivity index (χ0n) is 13.7. The normalized spacial score (nSPS) is 24.2. The number of fused-ring (bicyclic) bond motifs is 2. The molecule has 3 heterocycles. The SMILES string of the molecule is O=C1C=C(c2ccc3c(c2)CCO3)NC2C(c3ccccc3)CNN12. The van der Waals surface area contributed by atoms with Crippen LogP contribution in [0.5, 0.6) is 5.75 Å². The molecule has 5 rings (SSSR count). The first-order chi connectivity index (χ1) is 12.3. The fourth-order valence-corrected chi connectivity index (χ4v) is 3.88. The molecule has 0 saturated carbocycles. The van der Waals surface area contributed by atoms with Crippen LogP contribution in [0.25, 0.3) is 5.70 Å². The van der Waals surface area contributed by atoms with Gasteiger partial charge in [0, 0.05) is 30.7 Å². The van der Waals surface area contributed by atoms with E-state index in [2.05, 4.69) is 28.9 Å². The number of hydrogen-bond donors (Lipinski definition) is 2. The van der Waals surface area contributed by atoms with Crippen molar-refractivity contribution in [2.45, 2.75) is 18.5 Å². The third kappa shape index (κ3) is 2.39. The number of hydrazine groups is 1. The molecule has 1 saturated heterocycles. The summed E-state index contributed by atoms with van der Waals surface area (Å²) in [7, 11) is 0. The molecule has 0 radical (unpaired) electrons. The highest BCUT2D eigenvalue weighted by atomic mass is 16.5. The summed E-state index contributed by atoms with van der Waals surface area (Å²) in [5.74, 6) is 1.17. The van der Waals surface area contributed by atoms with Gasteiger partial charge in [-0.25, -0.2) is 5.43 Å². The van der Waals surface area contributed by atoms with Crippen LogP contribution in [0.3, 0.4) is 0 Å². The van der Waals surface area contributed by atoms with Gasteiger partial charge in [0.25, 0.3) is 5.91 Å². The van der Waals surface area contributed by atoms with E-state index < -0.39 is 0 Å². The second kappa shape index (κ2) is 5.63. The summed E-state index contributed by atoms with van der Waals surface area (Å²) < 4.78 is 5.58. The lowest BCUT2D eigenvalue weighted by molar-refractivity contribution is -0.130. The number of carbonyl (C=O) groups excluding carboxylic acids is 1. The molecule has 2 aromatic rings. The van der Waals surface area contributed by atoms with Crippen LogP contribution in [0.1, 0.15) is 22.6 Å². The fourth-order valence-electron chi connectivity index (χ4n) is 3.88. The van der Waals surface area contributed by atoms with Gasteiger partial charge >= 0.3 is 0 Å². The van der Waals surface area contributed by atoms with Gasteiger partial charge in [-0.3, -0.25) is 9.80 Å². The lowest BCUT2D eigenvalue weighted by Crippen LogP contribution is -2.52. The molecule has 2 aromatic carbocycles. The molecule has 0 aliphatic carbocycles. The van der Waals surface area contributed by atoms with Crippen LogP contribution in [-0.4, -0.2) is 30.2 Å². The Morgan fingerprint density at radius 3 is 2.88 bits per heavy atom. The second-order valence-corrected chi connectivity index (χ2v) is 6.66. The van der Waals surface area contributed by atoms with E-state index in [1.807, 2.05) is 30.3 Å². The van der Waals surface area contributed by atoms with E-state index >= 15 is 0 Å². The predicted octanol–water partition coefficient (Wildman–Crippen LogP) is 2.02. The largest absolute Gasteiger partial charge is 0.493 e. The van der Waals surface area contributed by atoms with Crippen molar-refractivity contribution in [1.82, 2.24) is 15.8 Å². The molecule has 3 aliphatic rings. The minimum atomic E-state index is -0.0839. The second-order valence-electron chi connectivity index (χ2n) is 6.66. The Kier molecular flexibility index (Phi) is 3.28. The first kappa shape index (κ1) is 14.5. The smallest absolute Gasteiger partial charge is 0.264 e. The number of rotatable bonds is 2. The van der Waals surface area contributed by atoms with Crippen molar-refractivity contribution in [2.75, 3.05) is 13.2 Å². The van der Waals surface area contributed by atoms with Gasteiger partial charge in [0.05, 0.1) is 6.61 Å². The first-order valence-corrected chi connectivity index (χ1v) is 8.65. The molecule has 5 heteroatoms. The van der Waals surface area contributed by atoms with Gasteiger partial charge in [0.1, 0.15) is 11.9 Å². The Morgan fingerprint density at radius 1 is 1.12 bits per heavy atom. The third-order valence-corrected chi connectivity index (χ3v) is 5.18. The molecule has 3 aliphatic heterocycles. The summed E-state index contributed by atoms with van der Waals surface area (Å²) in [6.07, 6.45) is 2.52. The highest BCUT2D eigenvalue weighted by Crippen LogP contribution is 2.33. The van der Waals surface area contributed by atoms with E-state index in [0.29, 0.717) is 0 Å². The first-order valence-electron chi connectivity index (χ1n) is 8.65. The molecule has 2 unspecified atom stereocenters. The topological polar surface area (TPSA) is 53.6 Å². The Balaban J connectivity index is 1.47. The molecular weight excluding hydrogens is 314 g/mol. The maximum Gasteiger partial charge on any atom is 0.264 e. The van der Waals surface area contributed by atoms with Crippen LogP contribution in [0.15, 0.2) is 54.6 Å². The molecule has 25 heavy (non-hydrogen) atoms. The average molecular weight is 333 g/mol. The van der Waals surface area contributed by atoms with E-state index in [4.69, 9.17) is 4.74 Å². The molecule has 0 aromatic heterocycles. The van der Waals surface area contributed by atoms with Crippen LogP contribution in [0.4, 0.5) is 0 Å². The van der Waals surface area contributed by atoms with Gasteiger partial charge in [-0.2, -0.15) is 0 Å². The van der Waals surface area contributed by atoms with Crippen molar-refractivity contribution < 1.29 is 9.53 Å². The maximum absolute atomic E-state index is 12.6. The number of hydrogen-bond acceptors (Lipinski definition) is 4. The van der Waals surface area contributed by atoms with E-state index in [1.165, 1.54) is 11.1 Å². The summed E-state index contributed by atoms with van der Waals surface area (Å²) in [6, 6.07) is 16.5. The highest BCUT2D eigenvalue weighted by Gasteiger charge is 2.40. The standard InChI is InChI=1S/C20H19N3O2/c24-19-11-17(14-6-7-18-15(10-14)8-9-25-18)22-20-16(12-21-23(19)20)13-4-2-1-3-5-13/h1-7,10-11,16,20-22H,8-9,12H2. The van der Waals surface area contributed by atoms with Crippen LogP contribution in [-0.2, 0) is 11.2 Å². The summed E-state index contributed by atoms with van der Waals surface area (Å²) >= 11 is 0. The van der Waals surface area contributed by atoms with Crippen molar-refractivity contribution in [2.24, 2.45) is 0 Å². The van der Waals surface area contributed by atoms with Gasteiger partial charge < -0.3 is 10.1 Å². The van der Waals surface area contributed by atoms with Crippen molar-refractivity contribution >= 4 is 11.6 Å². The van der Waals surface area contributed by atoms with Crippen molar-refractivity contribution in [3.63, 3.8) is 0 Å². The molecule has 0 bridgehead atoms. The molecule has 0 spiro atoms. The number of carbonyl (C=O) groups is 1. The van der Waals surface area contributed by atoms with Gasteiger partial charge in [-0.15, -0.1) is 0 Å². The Hall–Kier alpha value is -2.79. The maximum atomic E-state index is 12.6. The van der Waals surface area contributed by atoms with Crippen LogP contribution < -0.4 is 15.5 Å². The number of nitrogens with zero attached hydrogens (tertiary/aromatic N) is 1. The summed E-state index contributed by atoms with van der Waals surface area (Å²) in [4.78, 5) is 12.6. The number of ether oxygens (including phenoxy) is 1. The fraction of sp³-hybridized carbons (Fsp3) is 0.250. The van der Waals surface area contributed by atoms with Crippen LogP contribution >= 0.6 is 0 Å². The Morgan fingerprint density at radius 2 is 2.00 bits per heavy atom. The van der Waals surface area contributed by atoms with E-state index in [1.54, 1.807) is 11.1 Å². The van der Waals surface area contributed by atoms with Gasteiger partial charge in [-0.05, 0) is 34.9 Å². The van der Waals surface area contributed by atoms with Gasteiger partial charge in [-0.1, -0.05) is 30.3 Å². The Labute approximate surface area is 146 Å². The molecule has 5 nitrogen and oxygen atoms in total. The van der Waals surface area contributed by atoms with Crippen LogP contribution in [0.2, 0.25) is 0 Å². The van der Waals surface area contributed by atoms with Crippen molar-refractivity contribution in [3.05, 3.63) is 71.3 Å².